The van der Waals surface area contributed by atoms with Crippen molar-refractivity contribution in [3.05, 3.63) is 0 Å². The first-order chi connectivity index (χ1) is 21.9. The van der Waals surface area contributed by atoms with Gasteiger partial charge in [0.1, 0.15) is 48.4 Å². The molecule has 0 saturated carbocycles. The molecule has 2 heterocycles. The zero-order valence-electron chi connectivity index (χ0n) is 27.1. The van der Waals surface area contributed by atoms with Crippen molar-refractivity contribution in [1.82, 2.24) is 10.6 Å². The van der Waals surface area contributed by atoms with Gasteiger partial charge < -0.3 is 48.5 Å². The van der Waals surface area contributed by atoms with Gasteiger partial charge in [0.15, 0.2) is 24.4 Å². The Hall–Kier alpha value is -3.97. The van der Waals surface area contributed by atoms with Crippen LogP contribution in [0.25, 0.3) is 0 Å². The van der Waals surface area contributed by atoms with E-state index >= 15 is 0 Å². The van der Waals surface area contributed by atoms with Gasteiger partial charge in [0, 0.05) is 55.4 Å². The third-order valence-corrected chi connectivity index (χ3v) is 7.76. The molecule has 47 heavy (non-hydrogen) atoms. The number of thioether (sulfide) groups is 1. The molecule has 18 nitrogen and oxygen atoms in total. The molecule has 2 N–H and O–H groups in total. The zero-order chi connectivity index (χ0) is 35.6. The lowest BCUT2D eigenvalue weighted by molar-refractivity contribution is -0.216. The highest BCUT2D eigenvalue weighted by Gasteiger charge is 2.55. The van der Waals surface area contributed by atoms with Crippen LogP contribution in [0.2, 0.25) is 0 Å². The van der Waals surface area contributed by atoms with Crippen LogP contribution in [0, 0.1) is 0 Å². The molecular formula is C28H40N2O16S. The van der Waals surface area contributed by atoms with Gasteiger partial charge in [-0.25, -0.2) is 0 Å². The maximum atomic E-state index is 12.4. The monoisotopic (exact) mass is 692 g/mol. The first kappa shape index (κ1) is 39.2. The predicted octanol–water partition coefficient (Wildman–Crippen LogP) is -0.968. The summed E-state index contributed by atoms with van der Waals surface area (Å²) >= 11 is 0.803. The van der Waals surface area contributed by atoms with E-state index < -0.39 is 120 Å². The molecule has 0 aromatic rings. The lowest BCUT2D eigenvalue weighted by atomic mass is 9.97. The van der Waals surface area contributed by atoms with Crippen molar-refractivity contribution >= 4 is 59.4 Å². The molecule has 0 radical (unpaired) electrons. The Morgan fingerprint density at radius 2 is 0.787 bits per heavy atom. The molecule has 0 aromatic heterocycles. The molecule has 0 unspecified atom stereocenters. The quantitative estimate of drug-likeness (QED) is 0.185. The van der Waals surface area contributed by atoms with Gasteiger partial charge in [-0.15, -0.1) is 0 Å². The first-order valence-electron chi connectivity index (χ1n) is 14.4. The predicted molar refractivity (Wildman–Crippen MR) is 156 cm³/mol. The average molecular weight is 693 g/mol. The van der Waals surface area contributed by atoms with E-state index in [0.717, 1.165) is 53.3 Å². The van der Waals surface area contributed by atoms with E-state index in [2.05, 4.69) is 10.6 Å². The van der Waals surface area contributed by atoms with Crippen molar-refractivity contribution < 1.29 is 76.3 Å². The molecule has 0 aromatic carbocycles. The topological polar surface area (TPSA) is 234 Å². The van der Waals surface area contributed by atoms with Gasteiger partial charge in [-0.3, -0.25) is 38.4 Å². The van der Waals surface area contributed by atoms with E-state index in [0.29, 0.717) is 0 Å². The average Bonchev–Trinajstić information content (AvgIpc) is 2.91. The van der Waals surface area contributed by atoms with Crippen LogP contribution in [0.1, 0.15) is 55.4 Å². The third kappa shape index (κ3) is 12.3. The van der Waals surface area contributed by atoms with Crippen molar-refractivity contribution in [2.45, 2.75) is 115 Å². The molecule has 2 rings (SSSR count). The molecule has 10 atom stereocenters. The number of carbonyl (C=O) groups is 8. The van der Waals surface area contributed by atoms with Crippen LogP contribution in [-0.4, -0.2) is 120 Å². The largest absolute Gasteiger partial charge is 0.463 e. The number of amides is 2. The summed E-state index contributed by atoms with van der Waals surface area (Å²) in [5, 5.41) is 5.25. The second-order valence-electron chi connectivity index (χ2n) is 10.6. The van der Waals surface area contributed by atoms with Gasteiger partial charge in [-0.2, -0.15) is 0 Å². The molecular weight excluding hydrogens is 652 g/mol. The third-order valence-electron chi connectivity index (χ3n) is 6.41. The fraction of sp³-hybridized carbons (Fsp3) is 0.714. The minimum Gasteiger partial charge on any atom is -0.463 e. The van der Waals surface area contributed by atoms with Crippen LogP contribution < -0.4 is 10.6 Å². The Labute approximate surface area is 274 Å². The minimum absolute atomic E-state index is 0.477. The second kappa shape index (κ2) is 17.8. The van der Waals surface area contributed by atoms with Crippen molar-refractivity contribution in [3.63, 3.8) is 0 Å². The van der Waals surface area contributed by atoms with Crippen LogP contribution >= 0.6 is 11.8 Å². The Balaban J connectivity index is 2.69. The lowest BCUT2D eigenvalue weighted by Gasteiger charge is -2.49. The highest BCUT2D eigenvalue weighted by molar-refractivity contribution is 8.00. The van der Waals surface area contributed by atoms with E-state index in [1.807, 2.05) is 0 Å². The molecule has 2 fully saturated rings. The lowest BCUT2D eigenvalue weighted by Crippen LogP contribution is -2.68. The summed E-state index contributed by atoms with van der Waals surface area (Å²) in [5.74, 6) is -5.85. The maximum absolute atomic E-state index is 12.4. The SMILES string of the molecule is CC(=O)N[C@@H]1[C@@H](OC(C)=O)[C@H](OC(C)=O)[C@@H](COC(C)=O)O[C@H]1S[C@@H]1O[C@H](COC(C)=O)[C@@H](OC(C)=O)[C@H](OC(C)=O)[C@H]1NC(C)=O. The van der Waals surface area contributed by atoms with E-state index in [-0.39, 0.29) is 0 Å². The van der Waals surface area contributed by atoms with Crippen molar-refractivity contribution in [2.24, 2.45) is 0 Å². The van der Waals surface area contributed by atoms with Crippen LogP contribution in [0.5, 0.6) is 0 Å². The van der Waals surface area contributed by atoms with E-state index in [9.17, 15) is 38.4 Å². The number of hydrogen-bond acceptors (Lipinski definition) is 17. The molecule has 2 aliphatic heterocycles. The van der Waals surface area contributed by atoms with E-state index in [4.69, 9.17) is 37.9 Å². The van der Waals surface area contributed by atoms with Crippen molar-refractivity contribution in [3.8, 4) is 0 Å². The summed E-state index contributed by atoms with van der Waals surface area (Å²) in [7, 11) is 0. The summed E-state index contributed by atoms with van der Waals surface area (Å²) in [5.41, 5.74) is -2.54. The van der Waals surface area contributed by atoms with E-state index in [1.165, 1.54) is 13.8 Å². The molecule has 2 aliphatic rings. The maximum Gasteiger partial charge on any atom is 0.303 e. The standard InChI is InChI=1S/C28H40N2O16S/c1-11(31)29-21-25(43-17(7)37)23(41-15(5)35)19(9-39-13(3)33)45-27(21)47-28-22(30-12(2)32)26(44-18(8)38)24(42-16(6)36)20(46-28)10-40-14(4)34/h19-28H,9-10H2,1-8H3,(H,29,31)(H,30,32)/t19-,20-,21-,22-,23-,24-,25-,26-,27+,28+/m1/s1. The van der Waals surface area contributed by atoms with Crippen molar-refractivity contribution in [2.75, 3.05) is 13.2 Å². The van der Waals surface area contributed by atoms with E-state index in [1.54, 1.807) is 0 Å². The van der Waals surface area contributed by atoms with Crippen LogP contribution in [0.15, 0.2) is 0 Å². The number of carbonyl (C=O) groups excluding carboxylic acids is 8. The molecule has 0 spiro atoms. The molecule has 0 bridgehead atoms. The minimum atomic E-state index is -1.40. The summed E-state index contributed by atoms with van der Waals surface area (Å²) in [6, 6.07) is -2.52. The number of ether oxygens (including phenoxy) is 8. The summed E-state index contributed by atoms with van der Waals surface area (Å²) in [6.07, 6.45) is -8.06. The normalized spacial score (nSPS) is 30.0. The van der Waals surface area contributed by atoms with Gasteiger partial charge in [-0.1, -0.05) is 11.8 Å². The Bertz CT molecular complexity index is 1120. The van der Waals surface area contributed by atoms with Crippen molar-refractivity contribution in [1.29, 1.82) is 0 Å². The Morgan fingerprint density at radius 1 is 0.489 bits per heavy atom. The fourth-order valence-corrected chi connectivity index (χ4v) is 6.41. The van der Waals surface area contributed by atoms with Crippen LogP contribution in [0.3, 0.4) is 0 Å². The molecule has 2 saturated heterocycles. The van der Waals surface area contributed by atoms with Gasteiger partial charge in [0.05, 0.1) is 0 Å². The number of hydrogen-bond donors (Lipinski definition) is 2. The molecule has 2 amide bonds. The zero-order valence-corrected chi connectivity index (χ0v) is 27.9. The highest BCUT2D eigenvalue weighted by Crippen LogP contribution is 2.40. The smallest absolute Gasteiger partial charge is 0.303 e. The Morgan fingerprint density at radius 3 is 1.04 bits per heavy atom. The summed E-state index contributed by atoms with van der Waals surface area (Å²) in [6.45, 7) is 8.01. The van der Waals surface area contributed by atoms with Crippen LogP contribution in [-0.2, 0) is 76.3 Å². The summed E-state index contributed by atoms with van der Waals surface area (Å²) in [4.78, 5) is 96.9. The summed E-state index contributed by atoms with van der Waals surface area (Å²) < 4.78 is 44.6. The Kier molecular flexibility index (Phi) is 14.9. The molecule has 19 heteroatoms. The first-order valence-corrected chi connectivity index (χ1v) is 15.3. The fourth-order valence-electron chi connectivity index (χ4n) is 4.95. The molecule has 264 valence electrons. The molecule has 0 aliphatic carbocycles. The second-order valence-corrected chi connectivity index (χ2v) is 11.8. The van der Waals surface area contributed by atoms with Gasteiger partial charge >= 0.3 is 35.8 Å². The number of esters is 6. The van der Waals surface area contributed by atoms with Gasteiger partial charge in [0.2, 0.25) is 11.8 Å². The highest BCUT2D eigenvalue weighted by atomic mass is 32.2. The number of nitrogens with one attached hydrogen (secondary N) is 2. The van der Waals surface area contributed by atoms with Crippen LogP contribution in [0.4, 0.5) is 0 Å². The van der Waals surface area contributed by atoms with Gasteiger partial charge in [-0.05, 0) is 0 Å². The van der Waals surface area contributed by atoms with Gasteiger partial charge in [0.25, 0.3) is 0 Å². The number of rotatable bonds is 12.